The molecule has 6 heteroatoms. The highest BCUT2D eigenvalue weighted by Gasteiger charge is 2.17. The molecule has 0 bridgehead atoms. The second-order valence-corrected chi connectivity index (χ2v) is 4.86. The van der Waals surface area contributed by atoms with Crippen molar-refractivity contribution >= 4 is 17.1 Å². The van der Waals surface area contributed by atoms with E-state index in [9.17, 15) is 13.6 Å². The third-order valence-electron chi connectivity index (χ3n) is 2.45. The Bertz CT molecular complexity index is 610. The number of carbonyl (C=O) groups is 1. The molecular weight excluding hydrogens is 272 g/mol. The highest BCUT2D eigenvalue weighted by Crippen LogP contribution is 2.35. The Morgan fingerprint density at radius 1 is 1.37 bits per heavy atom. The zero-order valence-corrected chi connectivity index (χ0v) is 11.1. The number of alkyl halides is 2. The number of carbonyl (C=O) groups excluding carboxylic acids is 1. The lowest BCUT2D eigenvalue weighted by atomic mass is 10.2. The highest BCUT2D eigenvalue weighted by atomic mass is 32.1. The van der Waals surface area contributed by atoms with E-state index < -0.39 is 6.61 Å². The topological polar surface area (TPSA) is 39.2 Å². The molecule has 0 saturated carbocycles. The minimum atomic E-state index is -2.89. The maximum Gasteiger partial charge on any atom is 0.387 e. The molecule has 0 amide bonds. The van der Waals surface area contributed by atoms with Crippen LogP contribution in [-0.2, 0) is 0 Å². The molecule has 0 fully saturated rings. The number of rotatable bonds is 4. The van der Waals surface area contributed by atoms with Gasteiger partial charge < -0.3 is 4.74 Å². The maximum atomic E-state index is 12.3. The first kappa shape index (κ1) is 13.6. The molecule has 0 spiro atoms. The van der Waals surface area contributed by atoms with Gasteiger partial charge in [0.25, 0.3) is 0 Å². The molecule has 19 heavy (non-hydrogen) atoms. The number of para-hydroxylation sites is 1. The lowest BCUT2D eigenvalue weighted by Gasteiger charge is -2.07. The molecule has 1 aromatic heterocycles. The van der Waals surface area contributed by atoms with Crippen LogP contribution in [0.1, 0.15) is 22.3 Å². The number of ketones is 1. The smallest absolute Gasteiger partial charge is 0.387 e. The maximum absolute atomic E-state index is 12.3. The fourth-order valence-electron chi connectivity index (χ4n) is 1.68. The minimum absolute atomic E-state index is 0.0568. The average molecular weight is 283 g/mol. The number of benzene rings is 1. The highest BCUT2D eigenvalue weighted by molar-refractivity contribution is 7.17. The van der Waals surface area contributed by atoms with Gasteiger partial charge in [-0.25, -0.2) is 4.98 Å². The molecule has 0 saturated heterocycles. The van der Waals surface area contributed by atoms with Crippen LogP contribution in [0.3, 0.4) is 0 Å². The van der Waals surface area contributed by atoms with Crippen LogP contribution in [0.15, 0.2) is 24.3 Å². The number of aromatic nitrogens is 1. The first-order valence-electron chi connectivity index (χ1n) is 5.51. The summed E-state index contributed by atoms with van der Waals surface area (Å²) >= 11 is 1.18. The molecule has 1 heterocycles. The van der Waals surface area contributed by atoms with E-state index in [1.165, 1.54) is 24.3 Å². The Kier molecular flexibility index (Phi) is 3.90. The predicted molar refractivity (Wildman–Crippen MR) is 68.9 cm³/mol. The number of hydrogen-bond acceptors (Lipinski definition) is 4. The van der Waals surface area contributed by atoms with E-state index in [2.05, 4.69) is 9.72 Å². The van der Waals surface area contributed by atoms with Crippen LogP contribution in [0, 0.1) is 6.92 Å². The molecule has 0 aliphatic rings. The molecule has 1 aromatic carbocycles. The summed E-state index contributed by atoms with van der Waals surface area (Å²) in [5, 5.41) is 0.499. The Balaban J connectivity index is 2.47. The third-order valence-corrected chi connectivity index (χ3v) is 3.74. The van der Waals surface area contributed by atoms with Crippen molar-refractivity contribution < 1.29 is 18.3 Å². The van der Waals surface area contributed by atoms with Gasteiger partial charge in [0.2, 0.25) is 0 Å². The number of Topliss-reactive ketones (excluding diaryl/α,β-unsaturated/α-hetero) is 1. The van der Waals surface area contributed by atoms with Crippen LogP contribution in [0.4, 0.5) is 8.78 Å². The largest absolute Gasteiger partial charge is 0.434 e. The van der Waals surface area contributed by atoms with Crippen molar-refractivity contribution in [3.05, 3.63) is 34.8 Å². The Labute approximate surface area is 112 Å². The minimum Gasteiger partial charge on any atom is -0.434 e. The average Bonchev–Trinajstić information content (AvgIpc) is 2.71. The molecule has 0 unspecified atom stereocenters. The molecule has 0 radical (unpaired) electrons. The van der Waals surface area contributed by atoms with Gasteiger partial charge in [-0.05, 0) is 19.1 Å². The van der Waals surface area contributed by atoms with Gasteiger partial charge in [-0.3, -0.25) is 4.79 Å². The summed E-state index contributed by atoms with van der Waals surface area (Å²) in [5.41, 5.74) is 1.06. The molecule has 2 rings (SSSR count). The van der Waals surface area contributed by atoms with Gasteiger partial charge >= 0.3 is 6.61 Å². The quantitative estimate of drug-likeness (QED) is 0.798. The molecule has 0 aliphatic carbocycles. The molecule has 0 atom stereocenters. The van der Waals surface area contributed by atoms with Crippen molar-refractivity contribution in [2.24, 2.45) is 0 Å². The van der Waals surface area contributed by atoms with Crippen LogP contribution in [0.5, 0.6) is 5.75 Å². The number of thiazole rings is 1. The summed E-state index contributed by atoms with van der Waals surface area (Å²) in [6.07, 6.45) is 0. The summed E-state index contributed by atoms with van der Waals surface area (Å²) in [7, 11) is 0. The van der Waals surface area contributed by atoms with Crippen LogP contribution in [0.25, 0.3) is 10.6 Å². The van der Waals surface area contributed by atoms with E-state index in [0.29, 0.717) is 21.1 Å². The number of halogens is 2. The van der Waals surface area contributed by atoms with Gasteiger partial charge in [-0.1, -0.05) is 12.1 Å². The van der Waals surface area contributed by atoms with Crippen LogP contribution < -0.4 is 4.74 Å². The van der Waals surface area contributed by atoms with Crippen LogP contribution in [-0.4, -0.2) is 17.4 Å². The first-order chi connectivity index (χ1) is 8.99. The van der Waals surface area contributed by atoms with Gasteiger partial charge in [-0.15, -0.1) is 11.3 Å². The monoisotopic (exact) mass is 283 g/mol. The summed E-state index contributed by atoms with van der Waals surface area (Å²) in [4.78, 5) is 16.2. The van der Waals surface area contributed by atoms with Gasteiger partial charge in [-0.2, -0.15) is 8.78 Å². The summed E-state index contributed by atoms with van der Waals surface area (Å²) < 4.78 is 29.1. The fourth-order valence-corrected chi connectivity index (χ4v) is 2.67. The van der Waals surface area contributed by atoms with E-state index in [1.807, 2.05) is 0 Å². The molecule has 0 aliphatic heterocycles. The van der Waals surface area contributed by atoms with Crippen molar-refractivity contribution in [1.29, 1.82) is 0 Å². The SMILES string of the molecule is CC(=O)c1sc(-c2ccccc2OC(F)F)nc1C. The van der Waals surface area contributed by atoms with Crippen molar-refractivity contribution in [2.45, 2.75) is 20.5 Å². The molecule has 0 N–H and O–H groups in total. The van der Waals surface area contributed by atoms with E-state index in [-0.39, 0.29) is 11.5 Å². The van der Waals surface area contributed by atoms with Crippen molar-refractivity contribution in [1.82, 2.24) is 4.98 Å². The van der Waals surface area contributed by atoms with Crippen LogP contribution >= 0.6 is 11.3 Å². The summed E-state index contributed by atoms with van der Waals surface area (Å²) in [6, 6.07) is 6.40. The lowest BCUT2D eigenvalue weighted by molar-refractivity contribution is -0.0494. The number of ether oxygens (including phenoxy) is 1. The first-order valence-corrected chi connectivity index (χ1v) is 6.33. The molecule has 3 nitrogen and oxygen atoms in total. The third kappa shape index (κ3) is 2.96. The van der Waals surface area contributed by atoms with Crippen LogP contribution in [0.2, 0.25) is 0 Å². The fraction of sp³-hybridized carbons (Fsp3) is 0.231. The van der Waals surface area contributed by atoms with E-state index in [4.69, 9.17) is 0 Å². The van der Waals surface area contributed by atoms with Gasteiger partial charge in [0.05, 0.1) is 16.1 Å². The normalized spacial score (nSPS) is 10.8. The van der Waals surface area contributed by atoms with Gasteiger partial charge in [0.15, 0.2) is 5.78 Å². The molecule has 100 valence electrons. The number of hydrogen-bond donors (Lipinski definition) is 0. The zero-order chi connectivity index (χ0) is 14.0. The second kappa shape index (κ2) is 5.44. The van der Waals surface area contributed by atoms with Gasteiger partial charge in [0, 0.05) is 6.92 Å². The lowest BCUT2D eigenvalue weighted by Crippen LogP contribution is -2.02. The standard InChI is InChI=1S/C13H11F2NO2S/c1-7-11(8(2)17)19-12(16-7)9-5-3-4-6-10(9)18-13(14)15/h3-6,13H,1-2H3. The van der Waals surface area contributed by atoms with Crippen molar-refractivity contribution in [3.8, 4) is 16.3 Å². The molecular formula is C13H11F2NO2S. The number of nitrogens with zero attached hydrogens (tertiary/aromatic N) is 1. The Morgan fingerprint density at radius 2 is 2.05 bits per heavy atom. The van der Waals surface area contributed by atoms with E-state index in [1.54, 1.807) is 25.1 Å². The summed E-state index contributed by atoms with van der Waals surface area (Å²) in [6.45, 7) is 0.272. The molecule has 2 aromatic rings. The Morgan fingerprint density at radius 3 is 2.63 bits per heavy atom. The van der Waals surface area contributed by atoms with E-state index >= 15 is 0 Å². The second-order valence-electron chi connectivity index (χ2n) is 3.86. The summed E-state index contributed by atoms with van der Waals surface area (Å²) in [5.74, 6) is -0.0325. The van der Waals surface area contributed by atoms with E-state index in [0.717, 1.165) is 0 Å². The predicted octanol–water partition coefficient (Wildman–Crippen LogP) is 3.92. The Hall–Kier alpha value is -1.82. The van der Waals surface area contributed by atoms with Gasteiger partial charge in [0.1, 0.15) is 10.8 Å². The zero-order valence-electron chi connectivity index (χ0n) is 10.3. The number of aryl methyl sites for hydroxylation is 1. The van der Waals surface area contributed by atoms with Crippen molar-refractivity contribution in [3.63, 3.8) is 0 Å². The van der Waals surface area contributed by atoms with Crippen molar-refractivity contribution in [2.75, 3.05) is 0 Å².